The van der Waals surface area contributed by atoms with Gasteiger partial charge in [-0.1, -0.05) is 177 Å². The first kappa shape index (κ1) is 56.0. The smallest absolute Gasteiger partial charge is 0.219 e. The molecule has 8 heteroatoms. The molecule has 0 radical (unpaired) electrons. The van der Waals surface area contributed by atoms with Gasteiger partial charge in [-0.2, -0.15) is 0 Å². The molecule has 0 aliphatic heterocycles. The molecule has 324 valence electrons. The van der Waals surface area contributed by atoms with E-state index < -0.39 is 0 Å². The van der Waals surface area contributed by atoms with E-state index in [4.69, 9.17) is 11.6 Å². The maximum Gasteiger partial charge on any atom is 0.219 e. The second kappa shape index (κ2) is 41.1. The van der Waals surface area contributed by atoms with Crippen LogP contribution in [0.15, 0.2) is 60.7 Å². The molecule has 0 aliphatic rings. The average molecular weight is 822 g/mol. The molecule has 0 atom stereocenters. The zero-order chi connectivity index (χ0) is 40.7. The lowest BCUT2D eigenvalue weighted by Gasteiger charge is -2.30. The van der Waals surface area contributed by atoms with Crippen LogP contribution in [0.2, 0.25) is 0 Å². The number of nitrogens with one attached hydrogen (secondary N) is 2. The largest absolute Gasteiger partial charge is 1.00 e. The Balaban J connectivity index is 0. The Labute approximate surface area is 357 Å². The van der Waals surface area contributed by atoms with Gasteiger partial charge in [0.2, 0.25) is 11.8 Å². The summed E-state index contributed by atoms with van der Waals surface area (Å²) in [7, 11) is 8.64. The summed E-state index contributed by atoms with van der Waals surface area (Å²) in [4.78, 5) is 25.7. The Morgan fingerprint density at radius 2 is 0.929 bits per heavy atom. The fraction of sp³-hybridized carbons (Fsp3) is 0.708. The molecule has 0 saturated heterocycles. The number of hydrogen-bond donors (Lipinski definition) is 2. The van der Waals surface area contributed by atoms with Crippen LogP contribution in [-0.4, -0.2) is 75.6 Å². The van der Waals surface area contributed by atoms with E-state index in [1.54, 1.807) is 0 Å². The predicted molar refractivity (Wildman–Crippen MR) is 241 cm³/mol. The van der Waals surface area contributed by atoms with E-state index in [-0.39, 0.29) is 24.2 Å². The van der Waals surface area contributed by atoms with E-state index in [1.807, 2.05) is 30.3 Å². The van der Waals surface area contributed by atoms with Gasteiger partial charge < -0.3 is 32.4 Å². The molecule has 56 heavy (non-hydrogen) atoms. The van der Waals surface area contributed by atoms with Crippen molar-refractivity contribution in [1.82, 2.24) is 15.5 Å². The lowest BCUT2D eigenvalue weighted by atomic mass is 10.1. The topological polar surface area (TPSA) is 61.4 Å². The third-order valence-electron chi connectivity index (χ3n) is 9.83. The van der Waals surface area contributed by atoms with E-state index in [1.165, 1.54) is 114 Å². The van der Waals surface area contributed by atoms with Crippen LogP contribution in [-0.2, 0) is 22.0 Å². The van der Waals surface area contributed by atoms with Crippen LogP contribution in [0, 0.1) is 0 Å². The second-order valence-electron chi connectivity index (χ2n) is 16.3. The first-order valence-electron chi connectivity index (χ1n) is 22.3. The number of quaternary nitrogens is 1. The number of benzene rings is 2. The molecule has 2 amide bonds. The molecule has 0 aromatic heterocycles. The van der Waals surface area contributed by atoms with Crippen molar-refractivity contribution in [3.05, 3.63) is 71.8 Å². The van der Waals surface area contributed by atoms with Gasteiger partial charge in [0, 0.05) is 43.8 Å². The SMILES string of the molecule is CCCCCCCCCCCC(=O)NCCCN(C)C.CCCCCCCCCCCC(=O)NCCC[N+](C)(C)Cc1ccccc1.ClCc1ccccc1.[Cl-]. The Kier molecular flexibility index (Phi) is 41.0. The summed E-state index contributed by atoms with van der Waals surface area (Å²) in [6, 6.07) is 20.6. The number of hydrogen-bond acceptors (Lipinski definition) is 3. The minimum absolute atomic E-state index is 0. The van der Waals surface area contributed by atoms with E-state index in [2.05, 4.69) is 87.9 Å². The first-order chi connectivity index (χ1) is 26.6. The van der Waals surface area contributed by atoms with Crippen molar-refractivity contribution in [3.8, 4) is 0 Å². The monoisotopic (exact) mass is 821 g/mol. The normalized spacial score (nSPS) is 10.8. The summed E-state index contributed by atoms with van der Waals surface area (Å²) >= 11 is 5.53. The van der Waals surface area contributed by atoms with Gasteiger partial charge in [-0.05, 0) is 45.5 Å². The molecule has 0 unspecified atom stereocenters. The molecule has 0 fully saturated rings. The van der Waals surface area contributed by atoms with Gasteiger partial charge in [0.25, 0.3) is 0 Å². The average Bonchev–Trinajstić information content (AvgIpc) is 3.18. The first-order valence-corrected chi connectivity index (χ1v) is 22.8. The van der Waals surface area contributed by atoms with Gasteiger partial charge in [-0.25, -0.2) is 0 Å². The van der Waals surface area contributed by atoms with Crippen LogP contribution < -0.4 is 23.0 Å². The summed E-state index contributed by atoms with van der Waals surface area (Å²) in [6.45, 7) is 9.28. The zero-order valence-electron chi connectivity index (χ0n) is 37.0. The minimum atomic E-state index is 0. The number of nitrogens with zero attached hydrogens (tertiary/aromatic N) is 2. The molecule has 0 aliphatic carbocycles. The standard InChI is InChI=1S/C24H42N2O.C17H36N2O.C7H7Cl.ClH/c1-4-5-6-7-8-9-10-11-15-19-24(27)25-20-16-21-26(2,3)22-23-17-13-12-14-18-23;1-4-5-6-7-8-9-10-11-12-14-17(20)18-15-13-16-19(2)3;8-6-7-4-2-1-3-5-7;/h12-14,17-18H,4-11,15-16,19-22H2,1-3H3;4-16H2,1-3H3,(H,18,20);1-5H,6H2;1H. The molecular weight excluding hydrogens is 735 g/mol. The number of alkyl halides is 1. The van der Waals surface area contributed by atoms with Gasteiger partial charge in [-0.3, -0.25) is 9.59 Å². The van der Waals surface area contributed by atoms with E-state index in [0.29, 0.717) is 18.7 Å². The Morgan fingerprint density at radius 3 is 1.30 bits per heavy atom. The third-order valence-corrected chi connectivity index (χ3v) is 10.1. The van der Waals surface area contributed by atoms with E-state index >= 15 is 0 Å². The summed E-state index contributed by atoms with van der Waals surface area (Å²) in [6.07, 6.45) is 26.9. The number of carbonyl (C=O) groups is 2. The van der Waals surface area contributed by atoms with Crippen LogP contribution in [0.1, 0.15) is 166 Å². The van der Waals surface area contributed by atoms with Gasteiger partial charge in [-0.15, -0.1) is 11.6 Å². The van der Waals surface area contributed by atoms with Crippen molar-refractivity contribution in [2.24, 2.45) is 0 Å². The highest BCUT2D eigenvalue weighted by Gasteiger charge is 2.15. The zero-order valence-corrected chi connectivity index (χ0v) is 38.6. The lowest BCUT2D eigenvalue weighted by Crippen LogP contribution is -3.00. The number of amides is 2. The molecule has 0 spiro atoms. The predicted octanol–water partition coefficient (Wildman–Crippen LogP) is 9.09. The van der Waals surface area contributed by atoms with Gasteiger partial charge in [0.05, 0.1) is 20.6 Å². The summed E-state index contributed by atoms with van der Waals surface area (Å²) in [5, 5.41) is 6.09. The Morgan fingerprint density at radius 1 is 0.554 bits per heavy atom. The van der Waals surface area contributed by atoms with Crippen LogP contribution in [0.25, 0.3) is 0 Å². The fourth-order valence-electron chi connectivity index (χ4n) is 6.45. The molecular formula is C48H86Cl2N4O2. The fourth-order valence-corrected chi connectivity index (χ4v) is 6.63. The van der Waals surface area contributed by atoms with Crippen molar-refractivity contribution in [2.45, 2.75) is 168 Å². The molecule has 2 N–H and O–H groups in total. The highest BCUT2D eigenvalue weighted by molar-refractivity contribution is 6.17. The van der Waals surface area contributed by atoms with Crippen molar-refractivity contribution < 1.29 is 26.5 Å². The summed E-state index contributed by atoms with van der Waals surface area (Å²) in [5.41, 5.74) is 2.55. The minimum Gasteiger partial charge on any atom is -1.00 e. The maximum atomic E-state index is 11.9. The molecule has 0 bridgehead atoms. The van der Waals surface area contributed by atoms with Crippen molar-refractivity contribution in [3.63, 3.8) is 0 Å². The van der Waals surface area contributed by atoms with Crippen molar-refractivity contribution in [2.75, 3.05) is 54.4 Å². The van der Waals surface area contributed by atoms with Gasteiger partial charge in [0.1, 0.15) is 6.54 Å². The van der Waals surface area contributed by atoms with E-state index in [9.17, 15) is 9.59 Å². The molecule has 2 rings (SSSR count). The second-order valence-corrected chi connectivity index (χ2v) is 16.6. The molecule has 0 heterocycles. The van der Waals surface area contributed by atoms with Crippen LogP contribution in [0.4, 0.5) is 0 Å². The summed E-state index contributed by atoms with van der Waals surface area (Å²) in [5.74, 6) is 1.07. The van der Waals surface area contributed by atoms with Gasteiger partial charge >= 0.3 is 0 Å². The quantitative estimate of drug-likeness (QED) is 0.0454. The van der Waals surface area contributed by atoms with Gasteiger partial charge in [0.15, 0.2) is 0 Å². The maximum absolute atomic E-state index is 11.9. The molecule has 0 saturated carbocycles. The van der Waals surface area contributed by atoms with Crippen LogP contribution >= 0.6 is 11.6 Å². The van der Waals surface area contributed by atoms with E-state index in [0.717, 1.165) is 62.9 Å². The van der Waals surface area contributed by atoms with Crippen molar-refractivity contribution >= 4 is 23.4 Å². The third kappa shape index (κ3) is 40.1. The van der Waals surface area contributed by atoms with Crippen LogP contribution in [0.3, 0.4) is 0 Å². The van der Waals surface area contributed by atoms with Crippen molar-refractivity contribution in [1.29, 1.82) is 0 Å². The molecule has 2 aromatic rings. The number of halogens is 2. The number of unbranched alkanes of at least 4 members (excludes halogenated alkanes) is 16. The highest BCUT2D eigenvalue weighted by Crippen LogP contribution is 2.12. The highest BCUT2D eigenvalue weighted by atomic mass is 35.5. The molecule has 2 aromatic carbocycles. The number of rotatable bonds is 31. The molecule has 6 nitrogen and oxygen atoms in total. The van der Waals surface area contributed by atoms with Crippen LogP contribution in [0.5, 0.6) is 0 Å². The Bertz CT molecular complexity index is 1120. The lowest BCUT2D eigenvalue weighted by molar-refractivity contribution is -0.903. The number of carbonyl (C=O) groups excluding carboxylic acids is 2. The Hall–Kier alpha value is -2.12. The summed E-state index contributed by atoms with van der Waals surface area (Å²) < 4.78 is 0.956.